The van der Waals surface area contributed by atoms with Crippen molar-refractivity contribution in [2.75, 3.05) is 6.61 Å². The molecule has 2 unspecified atom stereocenters. The van der Waals surface area contributed by atoms with E-state index in [2.05, 4.69) is 23.3 Å². The zero-order valence-corrected chi connectivity index (χ0v) is 17.3. The summed E-state index contributed by atoms with van der Waals surface area (Å²) in [5, 5.41) is 0. The molecule has 0 heterocycles. The summed E-state index contributed by atoms with van der Waals surface area (Å²) in [6.07, 6.45) is 17.9. The molecule has 0 aromatic carbocycles. The van der Waals surface area contributed by atoms with E-state index < -0.39 is 6.10 Å². The van der Waals surface area contributed by atoms with Crippen molar-refractivity contribution < 1.29 is 14.1 Å². The molecule has 0 fully saturated rings. The van der Waals surface area contributed by atoms with E-state index in [9.17, 15) is 4.79 Å². The van der Waals surface area contributed by atoms with Crippen LogP contribution in [0.15, 0.2) is 0 Å². The van der Waals surface area contributed by atoms with Crippen LogP contribution in [-0.2, 0) is 14.1 Å². The molecule has 0 saturated carbocycles. The lowest BCUT2D eigenvalue weighted by molar-refractivity contribution is -0.151. The van der Waals surface area contributed by atoms with Gasteiger partial charge in [-0.15, -0.1) is 0 Å². The summed E-state index contributed by atoms with van der Waals surface area (Å²) in [7, 11) is 2.21. The molecule has 0 spiro atoms. The minimum Gasteiger partial charge on any atom is -0.464 e. The molecule has 0 aliphatic rings. The first kappa shape index (κ1) is 23.9. The lowest BCUT2D eigenvalue weighted by atomic mass is 10.1. The van der Waals surface area contributed by atoms with Crippen LogP contribution in [0.3, 0.4) is 0 Å². The van der Waals surface area contributed by atoms with Crippen LogP contribution < -0.4 is 0 Å². The zero-order valence-electron chi connectivity index (χ0n) is 16.2. The van der Waals surface area contributed by atoms with Gasteiger partial charge in [-0.25, -0.2) is 4.79 Å². The Kier molecular flexibility index (Phi) is 19.1. The van der Waals surface area contributed by atoms with Crippen LogP contribution >= 0.6 is 9.47 Å². The fraction of sp³-hybridized carbons (Fsp3) is 0.950. The maximum absolute atomic E-state index is 11.9. The maximum atomic E-state index is 11.9. The number of hydrogen-bond acceptors (Lipinski definition) is 3. The smallest absolute Gasteiger partial charge is 0.335 e. The van der Waals surface area contributed by atoms with Crippen molar-refractivity contribution in [3.05, 3.63) is 0 Å². The van der Waals surface area contributed by atoms with E-state index in [1.807, 2.05) is 0 Å². The van der Waals surface area contributed by atoms with Gasteiger partial charge in [0.2, 0.25) is 0 Å². The standard InChI is InChI=1S/C20H41O3P/c1-3-5-7-9-10-11-12-13-14-16-18-22-20(21)19(23-24)17-15-8-6-4-2/h19H,3-18,24H2,1-2H3. The lowest BCUT2D eigenvalue weighted by Crippen LogP contribution is -2.24. The van der Waals surface area contributed by atoms with Gasteiger partial charge >= 0.3 is 5.97 Å². The number of ether oxygens (including phenoxy) is 1. The molecule has 0 amide bonds. The Balaban J connectivity index is 3.43. The van der Waals surface area contributed by atoms with Gasteiger partial charge in [-0.2, -0.15) is 0 Å². The van der Waals surface area contributed by atoms with E-state index in [4.69, 9.17) is 9.26 Å². The van der Waals surface area contributed by atoms with Gasteiger partial charge in [0.05, 0.1) is 6.61 Å². The van der Waals surface area contributed by atoms with Crippen molar-refractivity contribution in [2.24, 2.45) is 0 Å². The van der Waals surface area contributed by atoms with Gasteiger partial charge < -0.3 is 9.26 Å². The molecule has 0 saturated heterocycles. The molecule has 24 heavy (non-hydrogen) atoms. The minimum atomic E-state index is -0.407. The molecule has 0 aliphatic carbocycles. The van der Waals surface area contributed by atoms with Crippen LogP contribution in [0.1, 0.15) is 110 Å². The van der Waals surface area contributed by atoms with Gasteiger partial charge in [-0.3, -0.25) is 0 Å². The second kappa shape index (κ2) is 19.2. The maximum Gasteiger partial charge on any atom is 0.335 e. The van der Waals surface area contributed by atoms with Crippen LogP contribution in [0.2, 0.25) is 0 Å². The second-order valence-electron chi connectivity index (χ2n) is 6.82. The molecule has 3 nitrogen and oxygen atoms in total. The highest BCUT2D eigenvalue weighted by Crippen LogP contribution is 2.13. The van der Waals surface area contributed by atoms with Gasteiger partial charge in [0, 0.05) is 9.47 Å². The predicted molar refractivity (Wildman–Crippen MR) is 106 cm³/mol. The summed E-state index contributed by atoms with van der Waals surface area (Å²) in [5.41, 5.74) is 0. The topological polar surface area (TPSA) is 35.5 Å². The molecule has 0 radical (unpaired) electrons. The molecule has 2 atom stereocenters. The SMILES string of the molecule is CCCCCCCCCCCCOC(=O)C(CCCCCC)OP. The Hall–Kier alpha value is -0.140. The first-order valence-corrected chi connectivity index (χ1v) is 10.8. The summed E-state index contributed by atoms with van der Waals surface area (Å²) < 4.78 is 10.5. The highest BCUT2D eigenvalue weighted by atomic mass is 31.0. The van der Waals surface area contributed by atoms with Crippen LogP contribution in [0.25, 0.3) is 0 Å². The first-order chi connectivity index (χ1) is 11.8. The normalized spacial score (nSPS) is 12.3. The molecule has 144 valence electrons. The molecule has 4 heteroatoms. The molecular formula is C20H41O3P. The van der Waals surface area contributed by atoms with Gasteiger partial charge in [0.15, 0.2) is 6.10 Å². The molecule has 0 N–H and O–H groups in total. The van der Waals surface area contributed by atoms with E-state index in [1.54, 1.807) is 0 Å². The number of carbonyl (C=O) groups excluding carboxylic acids is 1. The monoisotopic (exact) mass is 360 g/mol. The summed E-state index contributed by atoms with van der Waals surface area (Å²) in [5.74, 6) is -0.197. The highest BCUT2D eigenvalue weighted by molar-refractivity contribution is 7.09. The Labute approximate surface area is 152 Å². The largest absolute Gasteiger partial charge is 0.464 e. The van der Waals surface area contributed by atoms with E-state index >= 15 is 0 Å². The van der Waals surface area contributed by atoms with Gasteiger partial charge in [0.25, 0.3) is 0 Å². The molecule has 0 bridgehead atoms. The quantitative estimate of drug-likeness (QED) is 0.157. The van der Waals surface area contributed by atoms with Crippen molar-refractivity contribution in [3.8, 4) is 0 Å². The van der Waals surface area contributed by atoms with E-state index in [0.717, 1.165) is 32.1 Å². The predicted octanol–water partition coefficient (Wildman–Crippen LogP) is 6.60. The van der Waals surface area contributed by atoms with Crippen molar-refractivity contribution >= 4 is 15.4 Å². The second-order valence-corrected chi connectivity index (χ2v) is 7.10. The third-order valence-corrected chi connectivity index (χ3v) is 4.82. The fourth-order valence-corrected chi connectivity index (χ4v) is 3.10. The van der Waals surface area contributed by atoms with Crippen molar-refractivity contribution in [3.63, 3.8) is 0 Å². The molecule has 0 aliphatic heterocycles. The Bertz CT molecular complexity index is 272. The Morgan fingerprint density at radius 3 is 1.71 bits per heavy atom. The average molecular weight is 361 g/mol. The summed E-state index contributed by atoms with van der Waals surface area (Å²) >= 11 is 0. The van der Waals surface area contributed by atoms with E-state index in [0.29, 0.717) is 6.61 Å². The summed E-state index contributed by atoms with van der Waals surface area (Å²) in [6, 6.07) is 0. The van der Waals surface area contributed by atoms with E-state index in [1.165, 1.54) is 64.2 Å². The number of hydrogen-bond donors (Lipinski definition) is 0. The third-order valence-electron chi connectivity index (χ3n) is 4.49. The molecule has 0 rings (SSSR count). The third kappa shape index (κ3) is 15.4. The lowest BCUT2D eigenvalue weighted by Gasteiger charge is -2.14. The Morgan fingerprint density at radius 2 is 1.21 bits per heavy atom. The summed E-state index contributed by atoms with van der Waals surface area (Å²) in [4.78, 5) is 11.9. The van der Waals surface area contributed by atoms with Crippen molar-refractivity contribution in [2.45, 2.75) is 116 Å². The molecule has 0 aromatic heterocycles. The zero-order chi connectivity index (χ0) is 17.9. The average Bonchev–Trinajstić information content (AvgIpc) is 2.59. The summed E-state index contributed by atoms with van der Waals surface area (Å²) in [6.45, 7) is 4.98. The van der Waals surface area contributed by atoms with Crippen LogP contribution in [0, 0.1) is 0 Å². The van der Waals surface area contributed by atoms with E-state index in [-0.39, 0.29) is 5.97 Å². The Morgan fingerprint density at radius 1 is 0.750 bits per heavy atom. The highest BCUT2D eigenvalue weighted by Gasteiger charge is 2.18. The molecule has 0 aromatic rings. The van der Waals surface area contributed by atoms with Gasteiger partial charge in [0.1, 0.15) is 0 Å². The minimum absolute atomic E-state index is 0.197. The number of carbonyl (C=O) groups is 1. The fourth-order valence-electron chi connectivity index (χ4n) is 2.85. The van der Waals surface area contributed by atoms with Crippen molar-refractivity contribution in [1.82, 2.24) is 0 Å². The number of rotatable bonds is 18. The van der Waals surface area contributed by atoms with Gasteiger partial charge in [-0.1, -0.05) is 97.3 Å². The van der Waals surface area contributed by atoms with Crippen LogP contribution in [-0.4, -0.2) is 18.7 Å². The number of esters is 1. The van der Waals surface area contributed by atoms with Crippen molar-refractivity contribution in [1.29, 1.82) is 0 Å². The van der Waals surface area contributed by atoms with Gasteiger partial charge in [-0.05, 0) is 12.8 Å². The van der Waals surface area contributed by atoms with Crippen LogP contribution in [0.4, 0.5) is 0 Å². The first-order valence-electron chi connectivity index (χ1n) is 10.3. The molecular weight excluding hydrogens is 319 g/mol. The van der Waals surface area contributed by atoms with Crippen LogP contribution in [0.5, 0.6) is 0 Å². The number of unbranched alkanes of at least 4 members (excludes halogenated alkanes) is 12.